The van der Waals surface area contributed by atoms with Gasteiger partial charge in [-0.05, 0) is 36.1 Å². The van der Waals surface area contributed by atoms with Crippen molar-refractivity contribution in [1.82, 2.24) is 5.32 Å². The van der Waals surface area contributed by atoms with Crippen LogP contribution in [0.3, 0.4) is 0 Å². The molecule has 1 amide bonds. The van der Waals surface area contributed by atoms with Gasteiger partial charge in [-0.1, -0.05) is 24.3 Å². The van der Waals surface area contributed by atoms with Gasteiger partial charge in [0.1, 0.15) is 5.82 Å². The van der Waals surface area contributed by atoms with E-state index in [4.69, 9.17) is 0 Å². The number of nitrogens with one attached hydrogen (secondary N) is 1. The number of fused-ring (bicyclic) bond motifs is 1. The van der Waals surface area contributed by atoms with Gasteiger partial charge in [0.25, 0.3) is 5.91 Å². The Hall–Kier alpha value is -1.55. The van der Waals surface area contributed by atoms with Crippen molar-refractivity contribution in [1.29, 1.82) is 0 Å². The highest BCUT2D eigenvalue weighted by atomic mass is 32.2. The van der Waals surface area contributed by atoms with Gasteiger partial charge in [-0.15, -0.1) is 0 Å². The molecule has 1 atom stereocenters. The molecule has 2 nitrogen and oxygen atoms in total. The van der Waals surface area contributed by atoms with E-state index in [0.717, 1.165) is 18.6 Å². The molecule has 104 valence electrons. The number of amides is 1. The molecule has 4 heteroatoms. The van der Waals surface area contributed by atoms with Crippen molar-refractivity contribution in [2.24, 2.45) is 0 Å². The second-order valence-corrected chi connectivity index (χ2v) is 6.18. The van der Waals surface area contributed by atoms with Crippen molar-refractivity contribution >= 4 is 28.4 Å². The van der Waals surface area contributed by atoms with Crippen LogP contribution >= 0.6 is 11.8 Å². The number of carbonyl (C=O) groups is 1. The Kier molecular flexibility index (Phi) is 3.92. The Balaban J connectivity index is 1.89. The van der Waals surface area contributed by atoms with Crippen molar-refractivity contribution in [3.63, 3.8) is 0 Å². The molecule has 2 aromatic carbocycles. The van der Waals surface area contributed by atoms with Gasteiger partial charge in [-0.2, -0.15) is 11.8 Å². The highest BCUT2D eigenvalue weighted by Gasteiger charge is 2.18. The molecule has 1 fully saturated rings. The Bertz CT molecular complexity index is 637. The molecule has 1 unspecified atom stereocenters. The van der Waals surface area contributed by atoms with E-state index in [2.05, 4.69) is 5.32 Å². The quantitative estimate of drug-likeness (QED) is 0.915. The third-order valence-electron chi connectivity index (χ3n) is 3.61. The Morgan fingerprint density at radius 3 is 2.75 bits per heavy atom. The second kappa shape index (κ2) is 5.83. The molecule has 1 aliphatic heterocycles. The molecule has 1 heterocycles. The second-order valence-electron chi connectivity index (χ2n) is 5.03. The standard InChI is InChI=1S/C16H16FNOS/c17-15-8-7-14(12-5-1-2-6-13(12)15)16(19)18-11-4-3-9-20-10-11/h1-2,5-8,11H,3-4,9-10H2,(H,18,19). The van der Waals surface area contributed by atoms with Gasteiger partial charge in [0.05, 0.1) is 0 Å². The summed E-state index contributed by atoms with van der Waals surface area (Å²) in [7, 11) is 0. The third kappa shape index (κ3) is 2.66. The summed E-state index contributed by atoms with van der Waals surface area (Å²) in [4.78, 5) is 12.4. The molecule has 0 aromatic heterocycles. The first-order valence-electron chi connectivity index (χ1n) is 6.81. The molecular formula is C16H16FNOS. The van der Waals surface area contributed by atoms with E-state index in [1.807, 2.05) is 17.8 Å². The molecule has 20 heavy (non-hydrogen) atoms. The average Bonchev–Trinajstić information content (AvgIpc) is 2.49. The fraction of sp³-hybridized carbons (Fsp3) is 0.312. The number of rotatable bonds is 2. The summed E-state index contributed by atoms with van der Waals surface area (Å²) in [5, 5.41) is 4.24. The van der Waals surface area contributed by atoms with Gasteiger partial charge in [0, 0.05) is 22.7 Å². The fourth-order valence-electron chi connectivity index (χ4n) is 2.58. The molecule has 1 aliphatic rings. The maximum absolute atomic E-state index is 13.8. The summed E-state index contributed by atoms with van der Waals surface area (Å²) in [6, 6.07) is 10.3. The molecule has 0 spiro atoms. The minimum Gasteiger partial charge on any atom is -0.348 e. The smallest absolute Gasteiger partial charge is 0.252 e. The largest absolute Gasteiger partial charge is 0.348 e. The van der Waals surface area contributed by atoms with E-state index in [1.165, 1.54) is 11.8 Å². The van der Waals surface area contributed by atoms with E-state index in [1.54, 1.807) is 24.3 Å². The van der Waals surface area contributed by atoms with Crippen LogP contribution in [0.2, 0.25) is 0 Å². The van der Waals surface area contributed by atoms with Crippen LogP contribution in [0, 0.1) is 5.82 Å². The van der Waals surface area contributed by atoms with Gasteiger partial charge in [-0.25, -0.2) is 4.39 Å². The average molecular weight is 289 g/mol. The lowest BCUT2D eigenvalue weighted by atomic mass is 10.0. The summed E-state index contributed by atoms with van der Waals surface area (Å²) >= 11 is 1.87. The summed E-state index contributed by atoms with van der Waals surface area (Å²) in [5.41, 5.74) is 0.553. The normalized spacial score (nSPS) is 18.9. The van der Waals surface area contributed by atoms with Crippen LogP contribution in [-0.4, -0.2) is 23.5 Å². The zero-order valence-corrected chi connectivity index (χ0v) is 11.9. The topological polar surface area (TPSA) is 29.1 Å². The molecule has 0 bridgehead atoms. The fourth-order valence-corrected chi connectivity index (χ4v) is 3.65. The van der Waals surface area contributed by atoms with Gasteiger partial charge < -0.3 is 5.32 Å². The summed E-state index contributed by atoms with van der Waals surface area (Å²) in [6.45, 7) is 0. The van der Waals surface area contributed by atoms with E-state index in [9.17, 15) is 9.18 Å². The van der Waals surface area contributed by atoms with Gasteiger partial charge in [0.2, 0.25) is 0 Å². The number of hydrogen-bond acceptors (Lipinski definition) is 2. The van der Waals surface area contributed by atoms with Crippen LogP contribution in [0.1, 0.15) is 23.2 Å². The first kappa shape index (κ1) is 13.4. The zero-order valence-electron chi connectivity index (χ0n) is 11.1. The predicted octanol–water partition coefficient (Wildman–Crippen LogP) is 3.60. The van der Waals surface area contributed by atoms with E-state index < -0.39 is 0 Å². The van der Waals surface area contributed by atoms with Crippen molar-refractivity contribution in [3.8, 4) is 0 Å². The van der Waals surface area contributed by atoms with E-state index >= 15 is 0 Å². The predicted molar refractivity (Wildman–Crippen MR) is 81.7 cm³/mol. The molecule has 0 saturated carbocycles. The number of carbonyl (C=O) groups excluding carboxylic acids is 1. The van der Waals surface area contributed by atoms with Crippen LogP contribution in [0.5, 0.6) is 0 Å². The van der Waals surface area contributed by atoms with Crippen molar-refractivity contribution in [3.05, 3.63) is 47.8 Å². The van der Waals surface area contributed by atoms with Gasteiger partial charge in [0.15, 0.2) is 0 Å². The van der Waals surface area contributed by atoms with Crippen LogP contribution in [0.4, 0.5) is 4.39 Å². The van der Waals surface area contributed by atoms with Crippen molar-refractivity contribution < 1.29 is 9.18 Å². The number of hydrogen-bond donors (Lipinski definition) is 1. The summed E-state index contributed by atoms with van der Waals surface area (Å²) in [5.74, 6) is 1.75. The lowest BCUT2D eigenvalue weighted by Crippen LogP contribution is -2.38. The molecule has 2 aromatic rings. The van der Waals surface area contributed by atoms with Gasteiger partial charge >= 0.3 is 0 Å². The van der Waals surface area contributed by atoms with Crippen LogP contribution < -0.4 is 5.32 Å². The van der Waals surface area contributed by atoms with Crippen LogP contribution in [-0.2, 0) is 0 Å². The van der Waals surface area contributed by atoms with Crippen molar-refractivity contribution in [2.75, 3.05) is 11.5 Å². The Morgan fingerprint density at radius 1 is 1.20 bits per heavy atom. The number of halogens is 1. The molecule has 1 N–H and O–H groups in total. The first-order chi connectivity index (χ1) is 9.75. The SMILES string of the molecule is O=C(NC1CCCSC1)c1ccc(F)c2ccccc12. The van der Waals surface area contributed by atoms with Gasteiger partial charge in [-0.3, -0.25) is 4.79 Å². The zero-order chi connectivity index (χ0) is 13.9. The molecule has 0 aliphatic carbocycles. The summed E-state index contributed by atoms with van der Waals surface area (Å²) < 4.78 is 13.8. The summed E-state index contributed by atoms with van der Waals surface area (Å²) in [6.07, 6.45) is 2.16. The number of thioether (sulfide) groups is 1. The lowest BCUT2D eigenvalue weighted by molar-refractivity contribution is 0.0940. The molecular weight excluding hydrogens is 273 g/mol. The number of benzene rings is 2. The monoisotopic (exact) mass is 289 g/mol. The van der Waals surface area contributed by atoms with Crippen LogP contribution in [0.15, 0.2) is 36.4 Å². The molecule has 3 rings (SSSR count). The van der Waals surface area contributed by atoms with E-state index in [-0.39, 0.29) is 17.8 Å². The first-order valence-corrected chi connectivity index (χ1v) is 7.97. The van der Waals surface area contributed by atoms with E-state index in [0.29, 0.717) is 16.3 Å². The lowest BCUT2D eigenvalue weighted by Gasteiger charge is -2.22. The van der Waals surface area contributed by atoms with Crippen LogP contribution in [0.25, 0.3) is 10.8 Å². The minimum absolute atomic E-state index is 0.103. The Labute approximate surface area is 121 Å². The van der Waals surface area contributed by atoms with Crippen molar-refractivity contribution in [2.45, 2.75) is 18.9 Å². The highest BCUT2D eigenvalue weighted by Crippen LogP contribution is 2.23. The maximum Gasteiger partial charge on any atom is 0.252 e. The Morgan fingerprint density at radius 2 is 2.00 bits per heavy atom. The third-order valence-corrected chi connectivity index (χ3v) is 4.83. The molecule has 1 saturated heterocycles. The maximum atomic E-state index is 13.8. The molecule has 0 radical (unpaired) electrons. The minimum atomic E-state index is -0.287. The highest BCUT2D eigenvalue weighted by molar-refractivity contribution is 7.99.